The zero-order valence-electron chi connectivity index (χ0n) is 36.1. The zero-order chi connectivity index (χ0) is 44.6. The number of fused-ring (bicyclic) bond motifs is 3. The average molecular weight is 890 g/mol. The summed E-state index contributed by atoms with van der Waals surface area (Å²) in [6, 6.07) is 7.66. The lowest BCUT2D eigenvalue weighted by Gasteiger charge is -2.30. The van der Waals surface area contributed by atoms with Crippen LogP contribution < -0.4 is 20.1 Å². The molecule has 1 aliphatic carbocycles. The number of nitrogens with one attached hydrogen (secondary N) is 3. The van der Waals surface area contributed by atoms with Crippen molar-refractivity contribution in [3.05, 3.63) is 60.3 Å². The van der Waals surface area contributed by atoms with Crippen LogP contribution in [0.5, 0.6) is 6.01 Å². The first-order chi connectivity index (χ1) is 29.4. The summed E-state index contributed by atoms with van der Waals surface area (Å²) in [6.45, 7) is 9.16. The van der Waals surface area contributed by atoms with Crippen LogP contribution in [0, 0.1) is 5.92 Å². The Morgan fingerprint density at radius 3 is 2.53 bits per heavy atom. The maximum atomic E-state index is 14.7. The molecule has 2 aliphatic heterocycles. The van der Waals surface area contributed by atoms with Crippen LogP contribution in [0.4, 0.5) is 4.79 Å². The fraction of sp³-hybridized carbons (Fsp3) is 0.512. The lowest BCUT2D eigenvalue weighted by Crippen LogP contribution is -2.58. The molecule has 5 heterocycles. The van der Waals surface area contributed by atoms with Crippen LogP contribution in [0.3, 0.4) is 0 Å². The van der Waals surface area contributed by atoms with Gasteiger partial charge in [0, 0.05) is 61.4 Å². The Bertz CT molecular complexity index is 2460. The van der Waals surface area contributed by atoms with Crippen molar-refractivity contribution in [3.63, 3.8) is 0 Å². The van der Waals surface area contributed by atoms with Crippen molar-refractivity contribution >= 4 is 56.4 Å². The van der Waals surface area contributed by atoms with Crippen molar-refractivity contribution in [1.82, 2.24) is 44.1 Å². The van der Waals surface area contributed by atoms with Gasteiger partial charge < -0.3 is 25.0 Å². The molecule has 19 heteroatoms. The summed E-state index contributed by atoms with van der Waals surface area (Å²) in [5.74, 6) is -2.52. The van der Waals surface area contributed by atoms with Crippen LogP contribution in [-0.4, -0.2) is 111 Å². The van der Waals surface area contributed by atoms with Crippen LogP contribution in [0.15, 0.2) is 60.3 Å². The lowest BCUT2D eigenvalue weighted by atomic mass is 10.0. The van der Waals surface area contributed by atoms with Crippen LogP contribution >= 0.6 is 11.3 Å². The molecule has 2 fully saturated rings. The molecule has 4 aromatic rings. The van der Waals surface area contributed by atoms with Crippen molar-refractivity contribution < 1.29 is 37.1 Å². The van der Waals surface area contributed by atoms with E-state index in [1.54, 1.807) is 33.2 Å². The molecule has 0 spiro atoms. The molecule has 17 nitrogen and oxygen atoms in total. The molecule has 3 aliphatic rings. The second kappa shape index (κ2) is 17.8. The van der Waals surface area contributed by atoms with E-state index in [1.807, 2.05) is 66.3 Å². The molecule has 3 N–H and O–H groups in total. The molecule has 62 heavy (non-hydrogen) atoms. The molecule has 0 unspecified atom stereocenters. The zero-order valence-corrected chi connectivity index (χ0v) is 37.7. The second-order valence-corrected chi connectivity index (χ2v) is 20.3. The van der Waals surface area contributed by atoms with Gasteiger partial charge in [0.1, 0.15) is 39.9 Å². The topological polar surface area (TPSA) is 207 Å². The highest BCUT2D eigenvalue weighted by Gasteiger charge is 2.62. The Kier molecular flexibility index (Phi) is 12.8. The number of thiazole rings is 1. The summed E-state index contributed by atoms with van der Waals surface area (Å²) in [7, 11) is -1.60. The maximum absolute atomic E-state index is 14.7. The molecular weight excluding hydrogens is 835 g/mol. The number of carbonyl (C=O) groups excluding carboxylic acids is 4. The van der Waals surface area contributed by atoms with Crippen molar-refractivity contribution in [2.75, 3.05) is 20.6 Å². The summed E-state index contributed by atoms with van der Waals surface area (Å²) >= 11 is 1.50. The highest BCUT2D eigenvalue weighted by Crippen LogP contribution is 2.46. The van der Waals surface area contributed by atoms with Gasteiger partial charge in [0.15, 0.2) is 0 Å². The first kappa shape index (κ1) is 44.6. The molecular formula is C43H55N9O8S2. The minimum absolute atomic E-state index is 0.0147. The van der Waals surface area contributed by atoms with E-state index in [0.717, 1.165) is 44.5 Å². The maximum Gasteiger partial charge on any atom is 0.408 e. The van der Waals surface area contributed by atoms with Gasteiger partial charge in [-0.25, -0.2) is 14.5 Å². The van der Waals surface area contributed by atoms with Crippen LogP contribution in [-0.2, 0) is 29.3 Å². The lowest BCUT2D eigenvalue weighted by molar-refractivity contribution is -0.141. The van der Waals surface area contributed by atoms with Gasteiger partial charge in [-0.2, -0.15) is 17.7 Å². The van der Waals surface area contributed by atoms with Crippen molar-refractivity contribution in [2.45, 2.75) is 115 Å². The van der Waals surface area contributed by atoms with E-state index in [-0.39, 0.29) is 31.4 Å². The van der Waals surface area contributed by atoms with Gasteiger partial charge in [-0.1, -0.05) is 31.1 Å². The third-order valence-electron chi connectivity index (χ3n) is 11.2. The SMILES string of the molecule is CC(C)n1c(O[C@@H]2C[C@H]3C(=O)N[C@]4(C(=O)NS(=O)(=O)N(C)C)C[C@H]4/C=C\CCCCC[C@H](NC(=O)OC(C)(C)C)C(=O)N3C2)nc2c(-c3nc(-c4ccncc4)cs3)cccc21. The van der Waals surface area contributed by atoms with E-state index in [0.29, 0.717) is 24.8 Å². The van der Waals surface area contributed by atoms with Gasteiger partial charge in [0.25, 0.3) is 11.9 Å². The first-order valence-corrected chi connectivity index (χ1v) is 23.3. The van der Waals surface area contributed by atoms with E-state index >= 15 is 0 Å². The summed E-state index contributed by atoms with van der Waals surface area (Å²) in [6.07, 6.45) is 8.96. The fourth-order valence-corrected chi connectivity index (χ4v) is 9.42. The van der Waals surface area contributed by atoms with E-state index < -0.39 is 69.3 Å². The number of pyridine rings is 1. The number of hydrogen-bond donors (Lipinski definition) is 3. The molecule has 7 rings (SSSR count). The van der Waals surface area contributed by atoms with Gasteiger partial charge in [-0.05, 0) is 84.6 Å². The predicted molar refractivity (Wildman–Crippen MR) is 234 cm³/mol. The number of carbonyl (C=O) groups is 4. The normalized spacial score (nSPS) is 24.1. The number of para-hydroxylation sites is 1. The predicted octanol–water partition coefficient (Wildman–Crippen LogP) is 5.36. The van der Waals surface area contributed by atoms with Gasteiger partial charge in [0.05, 0.1) is 17.8 Å². The number of amides is 4. The Labute approximate surface area is 365 Å². The minimum atomic E-state index is -4.19. The number of ether oxygens (including phenoxy) is 2. The average Bonchev–Trinajstić information content (AvgIpc) is 3.56. The number of nitrogens with zero attached hydrogens (tertiary/aromatic N) is 6. The van der Waals surface area contributed by atoms with Gasteiger partial charge in [0.2, 0.25) is 11.8 Å². The highest BCUT2D eigenvalue weighted by atomic mass is 32.2. The van der Waals surface area contributed by atoms with Gasteiger partial charge >= 0.3 is 16.3 Å². The summed E-state index contributed by atoms with van der Waals surface area (Å²) in [4.78, 5) is 71.7. The fourth-order valence-electron chi connectivity index (χ4n) is 7.97. The number of hydrogen-bond acceptors (Lipinski definition) is 12. The smallest absolute Gasteiger partial charge is 0.408 e. The molecule has 5 atom stereocenters. The standard InChI is InChI=1S/C43H55N9O8S2/c1-26(2)52-33-17-13-15-30(37-45-32(25-61-37)27-18-20-44-21-19-27)35(33)47-40(52)59-29-22-34-36(53)48-43(39(55)49-62(57,58)50(6)7)23-28(43)14-11-9-8-10-12-16-31(38(54)51(34)24-29)46-41(56)60-42(3,4)5/h11,13-15,17-21,25-26,28-29,31,34H,8-10,12,16,22-24H2,1-7H3,(H,46,56)(H,48,53)(H,49,55)/b14-11-/t28-,29-,31+,34+,43-/m1/s1. The Balaban J connectivity index is 1.23. The third kappa shape index (κ3) is 9.63. The molecule has 1 saturated carbocycles. The number of benzene rings is 1. The highest BCUT2D eigenvalue weighted by molar-refractivity contribution is 7.87. The number of allylic oxidation sites excluding steroid dienone is 1. The minimum Gasteiger partial charge on any atom is -0.459 e. The number of alkyl carbamates (subject to hydrolysis) is 1. The van der Waals surface area contributed by atoms with E-state index in [2.05, 4.69) is 20.3 Å². The van der Waals surface area contributed by atoms with Gasteiger partial charge in [-0.15, -0.1) is 11.3 Å². The molecule has 0 radical (unpaired) electrons. The van der Waals surface area contributed by atoms with Crippen molar-refractivity contribution in [1.29, 1.82) is 0 Å². The molecule has 1 aromatic carbocycles. The van der Waals surface area contributed by atoms with Crippen LogP contribution in [0.2, 0.25) is 0 Å². The Hall–Kier alpha value is -5.40. The summed E-state index contributed by atoms with van der Waals surface area (Å²) in [5, 5.41) is 8.40. The second-order valence-electron chi connectivity index (χ2n) is 17.5. The van der Waals surface area contributed by atoms with Crippen molar-refractivity contribution in [3.8, 4) is 27.8 Å². The van der Waals surface area contributed by atoms with Crippen LogP contribution in [0.1, 0.15) is 85.6 Å². The number of rotatable bonds is 9. The molecule has 3 aromatic heterocycles. The van der Waals surface area contributed by atoms with Crippen LogP contribution in [0.25, 0.3) is 32.9 Å². The molecule has 4 amide bonds. The largest absolute Gasteiger partial charge is 0.459 e. The van der Waals surface area contributed by atoms with E-state index in [1.165, 1.54) is 30.3 Å². The summed E-state index contributed by atoms with van der Waals surface area (Å²) < 4.78 is 42.8. The quantitative estimate of drug-likeness (QED) is 0.182. The van der Waals surface area contributed by atoms with E-state index in [9.17, 15) is 27.6 Å². The third-order valence-corrected chi connectivity index (χ3v) is 13.5. The Morgan fingerprint density at radius 2 is 1.82 bits per heavy atom. The van der Waals surface area contributed by atoms with Gasteiger partial charge in [-0.3, -0.25) is 23.9 Å². The van der Waals surface area contributed by atoms with E-state index in [4.69, 9.17) is 19.4 Å². The monoisotopic (exact) mass is 889 g/mol. The summed E-state index contributed by atoms with van der Waals surface area (Å²) in [5.41, 5.74) is 1.65. The number of imidazole rings is 1. The van der Waals surface area contributed by atoms with Crippen molar-refractivity contribution in [2.24, 2.45) is 5.92 Å². The number of aromatic nitrogens is 4. The molecule has 332 valence electrons. The first-order valence-electron chi connectivity index (χ1n) is 20.9. The Morgan fingerprint density at radius 1 is 1.06 bits per heavy atom. The molecule has 0 bridgehead atoms. The molecule has 1 saturated heterocycles.